The third-order valence-electron chi connectivity index (χ3n) is 4.57. The fourth-order valence-electron chi connectivity index (χ4n) is 2.84. The molecule has 0 fully saturated rings. The first-order valence-electron chi connectivity index (χ1n) is 9.37. The first-order chi connectivity index (χ1) is 12.8. The quantitative estimate of drug-likeness (QED) is 0.381. The van der Waals surface area contributed by atoms with Crippen molar-refractivity contribution in [2.45, 2.75) is 66.4 Å². The van der Waals surface area contributed by atoms with Crippen LogP contribution in [0.2, 0.25) is 0 Å². The first-order valence-corrected chi connectivity index (χ1v) is 9.37. The molecule has 0 bridgehead atoms. The second kappa shape index (κ2) is 11.4. The van der Waals surface area contributed by atoms with Crippen molar-refractivity contribution < 1.29 is 20.1 Å². The van der Waals surface area contributed by atoms with Crippen molar-refractivity contribution in [1.82, 2.24) is 0 Å². The van der Waals surface area contributed by atoms with Crippen molar-refractivity contribution in [2.75, 3.05) is 0 Å². The molecule has 1 rings (SSSR count). The van der Waals surface area contributed by atoms with Crippen molar-refractivity contribution in [3.63, 3.8) is 0 Å². The minimum Gasteiger partial charge on any atom is -0.508 e. The maximum Gasteiger partial charge on any atom is 0.154 e. The summed E-state index contributed by atoms with van der Waals surface area (Å²) >= 11 is 0. The number of allylic oxidation sites excluding steroid dienone is 6. The SMILES string of the molecule is CC(C)=CCCC(C)=CCCC(C)=CCc1c(O)cc(CO)c(C=O)c1O. The lowest BCUT2D eigenvalue weighted by molar-refractivity contribution is 0.111. The van der Waals surface area contributed by atoms with Crippen LogP contribution in [0.3, 0.4) is 0 Å². The van der Waals surface area contributed by atoms with Gasteiger partial charge in [0.2, 0.25) is 0 Å². The van der Waals surface area contributed by atoms with Crippen molar-refractivity contribution in [3.05, 3.63) is 57.7 Å². The summed E-state index contributed by atoms with van der Waals surface area (Å²) in [5.41, 5.74) is 4.44. The highest BCUT2D eigenvalue weighted by Gasteiger charge is 2.15. The van der Waals surface area contributed by atoms with Gasteiger partial charge in [-0.2, -0.15) is 0 Å². The van der Waals surface area contributed by atoms with E-state index in [1.165, 1.54) is 17.2 Å². The molecule has 3 N–H and O–H groups in total. The molecule has 1 aromatic rings. The van der Waals surface area contributed by atoms with Crippen molar-refractivity contribution in [3.8, 4) is 11.5 Å². The molecule has 0 saturated carbocycles. The molecular formula is C23H32O4. The third kappa shape index (κ3) is 7.43. The Hall–Kier alpha value is -2.33. The topological polar surface area (TPSA) is 77.8 Å². The zero-order valence-corrected chi connectivity index (χ0v) is 16.9. The number of rotatable bonds is 10. The van der Waals surface area contributed by atoms with Crippen LogP contribution in [0.1, 0.15) is 74.9 Å². The van der Waals surface area contributed by atoms with Crippen LogP contribution < -0.4 is 0 Å². The molecule has 0 heterocycles. The molecule has 0 saturated heterocycles. The Morgan fingerprint density at radius 2 is 1.56 bits per heavy atom. The van der Waals surface area contributed by atoms with E-state index in [9.17, 15) is 20.1 Å². The highest BCUT2D eigenvalue weighted by atomic mass is 16.3. The Morgan fingerprint density at radius 1 is 0.963 bits per heavy atom. The predicted molar refractivity (Wildman–Crippen MR) is 110 cm³/mol. The Morgan fingerprint density at radius 3 is 2.11 bits per heavy atom. The molecule has 0 aliphatic carbocycles. The van der Waals surface area contributed by atoms with Crippen molar-refractivity contribution in [2.24, 2.45) is 0 Å². The second-order valence-corrected chi connectivity index (χ2v) is 7.24. The van der Waals surface area contributed by atoms with E-state index in [4.69, 9.17) is 0 Å². The molecular weight excluding hydrogens is 340 g/mol. The lowest BCUT2D eigenvalue weighted by Crippen LogP contribution is -1.97. The Labute approximate surface area is 162 Å². The maximum atomic E-state index is 11.1. The molecule has 4 heteroatoms. The van der Waals surface area contributed by atoms with Crippen LogP contribution in [-0.4, -0.2) is 21.6 Å². The van der Waals surface area contributed by atoms with Gasteiger partial charge in [-0.15, -0.1) is 0 Å². The van der Waals surface area contributed by atoms with Crippen LogP contribution in [0.15, 0.2) is 41.0 Å². The van der Waals surface area contributed by atoms with E-state index in [0.29, 0.717) is 18.3 Å². The van der Waals surface area contributed by atoms with Gasteiger partial charge in [0.25, 0.3) is 0 Å². The number of phenolic OH excluding ortho intramolecular Hbond substituents is 2. The van der Waals surface area contributed by atoms with E-state index in [2.05, 4.69) is 32.9 Å². The summed E-state index contributed by atoms with van der Waals surface area (Å²) in [4.78, 5) is 11.1. The zero-order chi connectivity index (χ0) is 20.4. The van der Waals surface area contributed by atoms with E-state index in [0.717, 1.165) is 31.3 Å². The zero-order valence-electron chi connectivity index (χ0n) is 16.9. The lowest BCUT2D eigenvalue weighted by Gasteiger charge is -2.11. The molecule has 4 nitrogen and oxygen atoms in total. The number of phenols is 2. The van der Waals surface area contributed by atoms with E-state index in [-0.39, 0.29) is 22.6 Å². The Bertz CT molecular complexity index is 735. The van der Waals surface area contributed by atoms with E-state index >= 15 is 0 Å². The first kappa shape index (κ1) is 22.7. The van der Waals surface area contributed by atoms with Gasteiger partial charge in [-0.25, -0.2) is 0 Å². The minimum atomic E-state index is -0.413. The monoisotopic (exact) mass is 372 g/mol. The smallest absolute Gasteiger partial charge is 0.154 e. The number of hydrogen-bond acceptors (Lipinski definition) is 4. The van der Waals surface area contributed by atoms with Crippen molar-refractivity contribution in [1.29, 1.82) is 0 Å². The molecule has 148 valence electrons. The highest BCUT2D eigenvalue weighted by molar-refractivity contribution is 5.83. The average Bonchev–Trinajstić information content (AvgIpc) is 2.60. The second-order valence-electron chi connectivity index (χ2n) is 7.24. The summed E-state index contributed by atoms with van der Waals surface area (Å²) in [7, 11) is 0. The lowest BCUT2D eigenvalue weighted by atomic mass is 9.98. The van der Waals surface area contributed by atoms with Crippen LogP contribution in [-0.2, 0) is 13.0 Å². The molecule has 0 spiro atoms. The fourth-order valence-corrected chi connectivity index (χ4v) is 2.84. The number of carbonyl (C=O) groups is 1. The summed E-state index contributed by atoms with van der Waals surface area (Å²) in [5.74, 6) is -0.366. The average molecular weight is 373 g/mol. The molecule has 27 heavy (non-hydrogen) atoms. The van der Waals surface area contributed by atoms with Gasteiger partial charge in [-0.3, -0.25) is 4.79 Å². The van der Waals surface area contributed by atoms with Crippen LogP contribution in [0, 0.1) is 0 Å². The Kier molecular flexibility index (Phi) is 9.59. The molecule has 0 amide bonds. The number of aromatic hydroxyl groups is 2. The van der Waals surface area contributed by atoms with Crippen molar-refractivity contribution >= 4 is 6.29 Å². The normalized spacial score (nSPS) is 12.2. The molecule has 1 aromatic carbocycles. The van der Waals surface area contributed by atoms with Gasteiger partial charge in [-0.1, -0.05) is 34.9 Å². The van der Waals surface area contributed by atoms with E-state index in [1.54, 1.807) is 0 Å². The summed E-state index contributed by atoms with van der Waals surface area (Å²) in [5, 5.41) is 29.5. The number of aldehydes is 1. The number of aliphatic hydroxyl groups excluding tert-OH is 1. The van der Waals surface area contributed by atoms with Gasteiger partial charge in [0.1, 0.15) is 11.5 Å². The van der Waals surface area contributed by atoms with E-state index < -0.39 is 6.61 Å². The standard InChI is InChI=1S/C23H32O4/c1-16(2)7-5-8-17(3)9-6-10-18(4)11-12-20-22(26)13-19(14-24)21(15-25)23(20)27/h7,9,11,13,15,24,26-27H,5-6,8,10,12,14H2,1-4H3. The van der Waals surface area contributed by atoms with E-state index in [1.807, 2.05) is 13.0 Å². The number of carbonyl (C=O) groups excluding carboxylic acids is 1. The third-order valence-corrected chi connectivity index (χ3v) is 4.57. The summed E-state index contributed by atoms with van der Waals surface area (Å²) in [6.07, 6.45) is 11.3. The molecule has 0 atom stereocenters. The Balaban J connectivity index is 2.70. The fraction of sp³-hybridized carbons (Fsp3) is 0.435. The van der Waals surface area contributed by atoms with Crippen LogP contribution in [0.25, 0.3) is 0 Å². The largest absolute Gasteiger partial charge is 0.508 e. The van der Waals surface area contributed by atoms with Gasteiger partial charge in [0.05, 0.1) is 12.2 Å². The van der Waals surface area contributed by atoms with Gasteiger partial charge < -0.3 is 15.3 Å². The summed E-state index contributed by atoms with van der Waals surface area (Å²) < 4.78 is 0. The van der Waals surface area contributed by atoms with Crippen LogP contribution in [0.5, 0.6) is 11.5 Å². The number of hydrogen-bond donors (Lipinski definition) is 3. The van der Waals surface area contributed by atoms with Gasteiger partial charge in [-0.05, 0) is 71.4 Å². The highest BCUT2D eigenvalue weighted by Crippen LogP contribution is 2.33. The molecule has 0 aliphatic heterocycles. The summed E-state index contributed by atoms with van der Waals surface area (Å²) in [6, 6.07) is 1.33. The summed E-state index contributed by atoms with van der Waals surface area (Å²) in [6.45, 7) is 7.97. The molecule has 0 aromatic heterocycles. The number of aliphatic hydroxyl groups is 1. The van der Waals surface area contributed by atoms with Gasteiger partial charge >= 0.3 is 0 Å². The minimum absolute atomic E-state index is 0.0336. The predicted octanol–water partition coefficient (Wildman–Crippen LogP) is 5.36. The molecule has 0 aliphatic rings. The molecule has 0 unspecified atom stereocenters. The number of benzene rings is 1. The maximum absolute atomic E-state index is 11.1. The van der Waals surface area contributed by atoms with Crippen LogP contribution in [0.4, 0.5) is 0 Å². The van der Waals surface area contributed by atoms with Gasteiger partial charge in [0, 0.05) is 5.56 Å². The molecule has 0 radical (unpaired) electrons. The van der Waals surface area contributed by atoms with Crippen LogP contribution >= 0.6 is 0 Å². The van der Waals surface area contributed by atoms with Gasteiger partial charge in [0.15, 0.2) is 6.29 Å².